The van der Waals surface area contributed by atoms with Gasteiger partial charge >= 0.3 is 0 Å². The maximum absolute atomic E-state index is 13.9. The van der Waals surface area contributed by atoms with E-state index in [4.69, 9.17) is 9.41 Å². The van der Waals surface area contributed by atoms with E-state index in [1.807, 2.05) is 36.4 Å². The van der Waals surface area contributed by atoms with Crippen LogP contribution >= 0.6 is 0 Å². The molecule has 0 saturated heterocycles. The fourth-order valence-corrected chi connectivity index (χ4v) is 4.47. The van der Waals surface area contributed by atoms with E-state index >= 15 is 0 Å². The van der Waals surface area contributed by atoms with Crippen LogP contribution in [0.5, 0.6) is 0 Å². The molecule has 1 radical (unpaired) electrons. The van der Waals surface area contributed by atoms with Gasteiger partial charge in [-0.15, -0.1) is 0 Å². The van der Waals surface area contributed by atoms with Gasteiger partial charge in [0.25, 0.3) is 5.56 Å². The van der Waals surface area contributed by atoms with Crippen molar-refractivity contribution in [2.45, 2.75) is 45.9 Å². The summed E-state index contributed by atoms with van der Waals surface area (Å²) < 4.78 is 7.55. The second-order valence-corrected chi connectivity index (χ2v) is 11.9. The van der Waals surface area contributed by atoms with Crippen LogP contribution in [0.15, 0.2) is 78.0 Å². The van der Waals surface area contributed by atoms with E-state index in [1.54, 1.807) is 41.4 Å². The zero-order valence-electron chi connectivity index (χ0n) is 21.2. The molecule has 0 aliphatic heterocycles. The van der Waals surface area contributed by atoms with Crippen molar-refractivity contribution in [3.63, 3.8) is 0 Å². The molecule has 36 heavy (non-hydrogen) atoms. The first-order valence-corrected chi connectivity index (χ1v) is 14.2. The molecule has 7 heteroatoms. The van der Waals surface area contributed by atoms with E-state index in [9.17, 15) is 10.1 Å². The first kappa shape index (κ1) is 25.2. The molecule has 0 unspecified atom stereocenters. The molecule has 3 aromatic heterocycles. The third-order valence-electron chi connectivity index (χ3n) is 5.86. The van der Waals surface area contributed by atoms with Gasteiger partial charge in [0.2, 0.25) is 9.04 Å². The highest BCUT2D eigenvalue weighted by Crippen LogP contribution is 2.29. The largest absolute Gasteiger partial charge is 0.411 e. The normalized spacial score (nSPS) is 11.5. The number of rotatable bonds is 6. The lowest BCUT2D eigenvalue weighted by molar-refractivity contribution is 0.305. The average molecular weight is 494 g/mol. The summed E-state index contributed by atoms with van der Waals surface area (Å²) in [6, 6.07) is 18.9. The first-order valence-electron chi connectivity index (χ1n) is 11.8. The number of hydrogen-bond donors (Lipinski definition) is 0. The zero-order valence-corrected chi connectivity index (χ0v) is 22.2. The Morgan fingerprint density at radius 3 is 2.44 bits per heavy atom. The Labute approximate surface area is 213 Å². The molecular formula is C29H29N4O2Si. The van der Waals surface area contributed by atoms with E-state index in [0.29, 0.717) is 29.0 Å². The van der Waals surface area contributed by atoms with Crippen LogP contribution in [0.4, 0.5) is 0 Å². The summed E-state index contributed by atoms with van der Waals surface area (Å²) in [5.74, 6) is 0. The predicted molar refractivity (Wildman–Crippen MR) is 144 cm³/mol. The molecule has 6 nitrogen and oxygen atoms in total. The van der Waals surface area contributed by atoms with Crippen LogP contribution in [0.1, 0.15) is 37.6 Å². The summed E-state index contributed by atoms with van der Waals surface area (Å²) in [5, 5.41) is 9.70. The molecular weight excluding hydrogens is 464 g/mol. The van der Waals surface area contributed by atoms with Crippen molar-refractivity contribution in [1.82, 2.24) is 14.5 Å². The molecule has 0 amide bonds. The molecule has 0 spiro atoms. The Morgan fingerprint density at radius 1 is 1.03 bits per heavy atom. The van der Waals surface area contributed by atoms with Crippen LogP contribution in [0, 0.1) is 11.3 Å². The van der Waals surface area contributed by atoms with Gasteiger partial charge in [-0.05, 0) is 54.4 Å². The Morgan fingerprint density at radius 2 is 1.78 bits per heavy atom. The molecule has 0 saturated carbocycles. The van der Waals surface area contributed by atoms with E-state index in [0.717, 1.165) is 22.5 Å². The predicted octanol–water partition coefficient (Wildman–Crippen LogP) is 5.90. The van der Waals surface area contributed by atoms with Gasteiger partial charge in [0, 0.05) is 29.1 Å². The van der Waals surface area contributed by atoms with E-state index in [-0.39, 0.29) is 11.0 Å². The molecule has 0 aliphatic rings. The van der Waals surface area contributed by atoms with Gasteiger partial charge in [0.1, 0.15) is 0 Å². The van der Waals surface area contributed by atoms with E-state index in [2.05, 4.69) is 44.9 Å². The fraction of sp³-hybridized carbons (Fsp3) is 0.241. The van der Waals surface area contributed by atoms with Crippen molar-refractivity contribution >= 4 is 9.04 Å². The SMILES string of the molecule is C[Si](C)OCc1ncc(-n2cc(-c3ccccn3)cc(-c3ccccc3C#N)c2=O)cc1C(C)(C)C. The van der Waals surface area contributed by atoms with Crippen LogP contribution in [0.25, 0.3) is 28.1 Å². The third-order valence-corrected chi connectivity index (χ3v) is 6.58. The number of aromatic nitrogens is 3. The molecule has 0 atom stereocenters. The maximum Gasteiger partial charge on any atom is 0.263 e. The molecule has 0 N–H and O–H groups in total. The Kier molecular flexibility index (Phi) is 7.29. The summed E-state index contributed by atoms with van der Waals surface area (Å²) in [4.78, 5) is 23.1. The van der Waals surface area contributed by atoms with Crippen molar-refractivity contribution < 1.29 is 4.43 Å². The lowest BCUT2D eigenvalue weighted by Crippen LogP contribution is -2.23. The van der Waals surface area contributed by atoms with Crippen LogP contribution in [-0.4, -0.2) is 23.6 Å². The quantitative estimate of drug-likeness (QED) is 0.313. The first-order chi connectivity index (χ1) is 17.2. The van der Waals surface area contributed by atoms with Gasteiger partial charge in [-0.2, -0.15) is 5.26 Å². The van der Waals surface area contributed by atoms with Crippen molar-refractivity contribution in [1.29, 1.82) is 5.26 Å². The minimum absolute atomic E-state index is 0.200. The molecule has 1 aromatic carbocycles. The van der Waals surface area contributed by atoms with Crippen LogP contribution < -0.4 is 5.56 Å². The smallest absolute Gasteiger partial charge is 0.263 e. The van der Waals surface area contributed by atoms with Gasteiger partial charge in [-0.1, -0.05) is 45.0 Å². The van der Waals surface area contributed by atoms with Crippen molar-refractivity contribution in [2.75, 3.05) is 0 Å². The van der Waals surface area contributed by atoms with Crippen LogP contribution in [0.2, 0.25) is 13.1 Å². The molecule has 0 aliphatic carbocycles. The van der Waals surface area contributed by atoms with Gasteiger partial charge in [0.15, 0.2) is 0 Å². The lowest BCUT2D eigenvalue weighted by atomic mass is 9.85. The van der Waals surface area contributed by atoms with Gasteiger partial charge in [-0.3, -0.25) is 19.3 Å². The van der Waals surface area contributed by atoms with Crippen LogP contribution in [-0.2, 0) is 16.4 Å². The van der Waals surface area contributed by atoms with Gasteiger partial charge in [-0.25, -0.2) is 0 Å². The number of nitriles is 1. The average Bonchev–Trinajstić information content (AvgIpc) is 2.87. The Hall–Kier alpha value is -3.86. The maximum atomic E-state index is 13.9. The molecule has 181 valence electrons. The topological polar surface area (TPSA) is 80.8 Å². The molecule has 0 fully saturated rings. The Balaban J connectivity index is 1.97. The standard InChI is InChI=1S/C29H29N4O2Si/c1-29(2,3)25-15-22(17-32-27(25)19-35-36(4)5)33-18-21(26-12-8-9-13-31-26)14-24(28(33)34)23-11-7-6-10-20(23)16-30/h6-15,17-18H,19H2,1-5H3. The second-order valence-electron chi connectivity index (χ2n) is 9.82. The number of nitrogens with zero attached hydrogens (tertiary/aromatic N) is 4. The second kappa shape index (κ2) is 10.4. The lowest BCUT2D eigenvalue weighted by Gasteiger charge is -2.24. The minimum Gasteiger partial charge on any atom is -0.411 e. The van der Waals surface area contributed by atoms with Crippen molar-refractivity contribution in [3.05, 3.63) is 100 Å². The highest BCUT2D eigenvalue weighted by atomic mass is 28.3. The molecule has 4 aromatic rings. The highest BCUT2D eigenvalue weighted by Gasteiger charge is 2.22. The van der Waals surface area contributed by atoms with Gasteiger partial charge in [0.05, 0.1) is 41.5 Å². The number of hydrogen-bond acceptors (Lipinski definition) is 5. The summed E-state index contributed by atoms with van der Waals surface area (Å²) in [5.41, 5.74) is 5.10. The summed E-state index contributed by atoms with van der Waals surface area (Å²) in [7, 11) is -0.869. The van der Waals surface area contributed by atoms with Gasteiger partial charge < -0.3 is 4.43 Å². The summed E-state index contributed by atoms with van der Waals surface area (Å²) >= 11 is 0. The zero-order chi connectivity index (χ0) is 25.9. The van der Waals surface area contributed by atoms with Crippen LogP contribution in [0.3, 0.4) is 0 Å². The molecule has 3 heterocycles. The van der Waals surface area contributed by atoms with E-state index in [1.165, 1.54) is 0 Å². The monoisotopic (exact) mass is 493 g/mol. The van der Waals surface area contributed by atoms with Crippen molar-refractivity contribution in [2.24, 2.45) is 0 Å². The third kappa shape index (κ3) is 5.35. The molecule has 4 rings (SSSR count). The Bertz CT molecular complexity index is 1480. The number of benzene rings is 1. The van der Waals surface area contributed by atoms with E-state index < -0.39 is 9.04 Å². The molecule has 0 bridgehead atoms. The number of pyridine rings is 3. The summed E-state index contributed by atoms with van der Waals surface area (Å²) in [6.45, 7) is 11.0. The fourth-order valence-electron chi connectivity index (χ4n) is 4.05. The van der Waals surface area contributed by atoms with Crippen molar-refractivity contribution in [3.8, 4) is 34.1 Å². The summed E-state index contributed by atoms with van der Waals surface area (Å²) in [6.07, 6.45) is 5.23. The minimum atomic E-state index is -0.869. The highest BCUT2D eigenvalue weighted by molar-refractivity contribution is 6.48.